The fourth-order valence-electron chi connectivity index (χ4n) is 0.303. The number of hydrogen-bond acceptors (Lipinski definition) is 2. The van der Waals surface area contributed by atoms with Crippen molar-refractivity contribution in [2.45, 2.75) is 20.8 Å². The highest BCUT2D eigenvalue weighted by Gasteiger charge is 1.89. The number of hydrogen-bond donors (Lipinski definition) is 0. The Balaban J connectivity index is 3.62. The summed E-state index contributed by atoms with van der Waals surface area (Å²) in [6, 6.07) is 0. The molecule has 2 heteroatoms. The van der Waals surface area contributed by atoms with Crippen molar-refractivity contribution in [2.75, 3.05) is 6.61 Å². The summed E-state index contributed by atoms with van der Waals surface area (Å²) in [5, 5.41) is 0. The molecule has 0 rings (SSSR count). The Morgan fingerprint density at radius 1 is 1.44 bits per heavy atom. The second kappa shape index (κ2) is 4.13. The lowest BCUT2D eigenvalue weighted by molar-refractivity contribution is -0.127. The summed E-state index contributed by atoms with van der Waals surface area (Å²) in [5.74, 6) is 0. The molecule has 0 aliphatic rings. The van der Waals surface area contributed by atoms with E-state index < -0.39 is 0 Å². The zero-order chi connectivity index (χ0) is 7.28. The maximum atomic E-state index is 9.69. The minimum atomic E-state index is 0.422. The van der Waals surface area contributed by atoms with Gasteiger partial charge in [-0.05, 0) is 26.3 Å². The van der Waals surface area contributed by atoms with Gasteiger partial charge in [-0.15, -0.1) is 0 Å². The van der Waals surface area contributed by atoms with Crippen molar-refractivity contribution in [1.82, 2.24) is 0 Å². The summed E-state index contributed by atoms with van der Waals surface area (Å²) in [4.78, 5) is 9.69. The molecule has 0 fully saturated rings. The van der Waals surface area contributed by atoms with Crippen LogP contribution in [0.2, 0.25) is 0 Å². The van der Waals surface area contributed by atoms with Crippen LogP contribution < -0.4 is 0 Å². The van der Waals surface area contributed by atoms with Crippen molar-refractivity contribution in [1.29, 1.82) is 0 Å². The summed E-state index contributed by atoms with van der Waals surface area (Å²) in [6.07, 6.45) is 0. The van der Waals surface area contributed by atoms with Gasteiger partial charge < -0.3 is 4.74 Å². The van der Waals surface area contributed by atoms with E-state index in [0.717, 1.165) is 5.57 Å². The lowest BCUT2D eigenvalue weighted by Crippen LogP contribution is -1.93. The van der Waals surface area contributed by atoms with Crippen LogP contribution in [-0.4, -0.2) is 13.1 Å². The van der Waals surface area contributed by atoms with Gasteiger partial charge in [-0.1, -0.05) is 5.57 Å². The van der Waals surface area contributed by atoms with Crippen molar-refractivity contribution in [3.63, 3.8) is 0 Å². The van der Waals surface area contributed by atoms with Gasteiger partial charge in [-0.25, -0.2) is 0 Å². The van der Waals surface area contributed by atoms with Gasteiger partial charge in [0.2, 0.25) is 0 Å². The zero-order valence-electron chi connectivity index (χ0n) is 6.10. The summed E-state index contributed by atoms with van der Waals surface area (Å²) >= 11 is 0. The molecule has 52 valence electrons. The molecule has 9 heavy (non-hydrogen) atoms. The summed E-state index contributed by atoms with van der Waals surface area (Å²) in [5.41, 5.74) is 2.32. The molecule has 0 saturated carbocycles. The predicted molar refractivity (Wildman–Crippen MR) is 36.1 cm³/mol. The lowest BCUT2D eigenvalue weighted by atomic mass is 10.2. The first-order valence-electron chi connectivity index (χ1n) is 2.86. The molecule has 0 bridgehead atoms. The fourth-order valence-corrected chi connectivity index (χ4v) is 0.303. The molecular formula is C7H12O2. The minimum absolute atomic E-state index is 0.422. The van der Waals surface area contributed by atoms with Crippen LogP contribution in [0.5, 0.6) is 0 Å². The minimum Gasteiger partial charge on any atom is -0.463 e. The van der Waals surface area contributed by atoms with Crippen LogP contribution in [0.3, 0.4) is 0 Å². The molecule has 0 aromatic carbocycles. The molecule has 2 nitrogen and oxygen atoms in total. The third-order valence-electron chi connectivity index (χ3n) is 1.22. The number of carbonyl (C=O) groups is 1. The van der Waals surface area contributed by atoms with E-state index in [-0.39, 0.29) is 0 Å². The number of allylic oxidation sites excluding steroid dienone is 1. The zero-order valence-corrected chi connectivity index (χ0v) is 6.10. The Kier molecular flexibility index (Phi) is 3.76. The molecule has 0 N–H and O–H groups in total. The fraction of sp³-hybridized carbons (Fsp3) is 0.571. The highest BCUT2D eigenvalue weighted by atomic mass is 16.5. The largest absolute Gasteiger partial charge is 0.463 e. The Morgan fingerprint density at radius 2 is 2.00 bits per heavy atom. The number of rotatable bonds is 3. The molecule has 0 aliphatic heterocycles. The van der Waals surface area contributed by atoms with Crippen LogP contribution in [0.4, 0.5) is 0 Å². The Morgan fingerprint density at radius 3 is 2.33 bits per heavy atom. The Labute approximate surface area is 55.5 Å². The average Bonchev–Trinajstić information content (AvgIpc) is 1.82. The van der Waals surface area contributed by atoms with Crippen molar-refractivity contribution in [3.8, 4) is 0 Å². The SMILES string of the molecule is CC(C)=C(C)COC=O. The van der Waals surface area contributed by atoms with Gasteiger partial charge in [0.15, 0.2) is 0 Å². The molecule has 0 heterocycles. The summed E-state index contributed by atoms with van der Waals surface area (Å²) < 4.78 is 4.52. The van der Waals surface area contributed by atoms with Crippen LogP contribution >= 0.6 is 0 Å². The second-order valence-corrected chi connectivity index (χ2v) is 2.19. The van der Waals surface area contributed by atoms with Crippen molar-refractivity contribution in [3.05, 3.63) is 11.1 Å². The van der Waals surface area contributed by atoms with E-state index in [1.165, 1.54) is 5.57 Å². The Hall–Kier alpha value is -0.790. The second-order valence-electron chi connectivity index (χ2n) is 2.19. The van der Waals surface area contributed by atoms with Crippen LogP contribution in [-0.2, 0) is 9.53 Å². The van der Waals surface area contributed by atoms with Crippen molar-refractivity contribution < 1.29 is 9.53 Å². The van der Waals surface area contributed by atoms with E-state index in [1.54, 1.807) is 0 Å². The average molecular weight is 128 g/mol. The van der Waals surface area contributed by atoms with E-state index in [4.69, 9.17) is 0 Å². The van der Waals surface area contributed by atoms with E-state index in [9.17, 15) is 4.79 Å². The quantitative estimate of drug-likeness (QED) is 0.425. The third kappa shape index (κ3) is 3.76. The van der Waals surface area contributed by atoms with Gasteiger partial charge in [-0.2, -0.15) is 0 Å². The molecular weight excluding hydrogens is 116 g/mol. The predicted octanol–water partition coefficient (Wildman–Crippen LogP) is 1.52. The summed E-state index contributed by atoms with van der Waals surface area (Å²) in [6.45, 7) is 6.81. The van der Waals surface area contributed by atoms with E-state index in [1.807, 2.05) is 20.8 Å². The molecule has 0 aromatic rings. The van der Waals surface area contributed by atoms with Crippen molar-refractivity contribution in [2.24, 2.45) is 0 Å². The molecule has 0 saturated heterocycles. The molecule has 0 unspecified atom stereocenters. The van der Waals surface area contributed by atoms with E-state index >= 15 is 0 Å². The van der Waals surface area contributed by atoms with Gasteiger partial charge in [0.1, 0.15) is 6.61 Å². The number of ether oxygens (including phenoxy) is 1. The van der Waals surface area contributed by atoms with Crippen LogP contribution in [0.1, 0.15) is 20.8 Å². The smallest absolute Gasteiger partial charge is 0.293 e. The summed E-state index contributed by atoms with van der Waals surface area (Å²) in [7, 11) is 0. The number of carbonyl (C=O) groups excluding carboxylic acids is 1. The van der Waals surface area contributed by atoms with Gasteiger partial charge in [0.25, 0.3) is 6.47 Å². The van der Waals surface area contributed by atoms with E-state index in [2.05, 4.69) is 4.74 Å². The topological polar surface area (TPSA) is 26.3 Å². The first-order valence-corrected chi connectivity index (χ1v) is 2.86. The van der Waals surface area contributed by atoms with Crippen LogP contribution in [0, 0.1) is 0 Å². The van der Waals surface area contributed by atoms with Gasteiger partial charge >= 0.3 is 0 Å². The molecule has 0 spiro atoms. The first kappa shape index (κ1) is 8.21. The molecule has 0 atom stereocenters. The third-order valence-corrected chi connectivity index (χ3v) is 1.22. The molecule has 0 aromatic heterocycles. The van der Waals surface area contributed by atoms with Gasteiger partial charge in [0.05, 0.1) is 0 Å². The normalized spacial score (nSPS) is 8.33. The van der Waals surface area contributed by atoms with E-state index in [0.29, 0.717) is 13.1 Å². The maximum absolute atomic E-state index is 9.69. The van der Waals surface area contributed by atoms with Crippen LogP contribution in [0.25, 0.3) is 0 Å². The lowest BCUT2D eigenvalue weighted by Gasteiger charge is -1.99. The Bertz CT molecular complexity index is 121. The molecule has 0 amide bonds. The highest BCUT2D eigenvalue weighted by molar-refractivity contribution is 5.37. The van der Waals surface area contributed by atoms with Crippen LogP contribution in [0.15, 0.2) is 11.1 Å². The highest BCUT2D eigenvalue weighted by Crippen LogP contribution is 2.00. The molecule has 0 radical (unpaired) electrons. The van der Waals surface area contributed by atoms with Crippen molar-refractivity contribution >= 4 is 6.47 Å². The van der Waals surface area contributed by atoms with Gasteiger partial charge in [0, 0.05) is 0 Å². The monoisotopic (exact) mass is 128 g/mol. The molecule has 0 aliphatic carbocycles. The first-order chi connectivity index (χ1) is 4.18. The van der Waals surface area contributed by atoms with Gasteiger partial charge in [-0.3, -0.25) is 4.79 Å². The standard InChI is InChI=1S/C7H12O2/c1-6(2)7(3)4-9-5-8/h5H,4H2,1-3H3. The maximum Gasteiger partial charge on any atom is 0.293 e.